The van der Waals surface area contributed by atoms with Gasteiger partial charge in [0.25, 0.3) is 0 Å². The number of aliphatic hydroxyl groups is 1. The molecule has 0 unspecified atom stereocenters. The average Bonchev–Trinajstić information content (AvgIpc) is 3.41. The number of allylic oxidation sites excluding steroid dienone is 1. The Labute approximate surface area is 292 Å². The average molecular weight is 677 g/mol. The highest BCUT2D eigenvalue weighted by Gasteiger charge is 2.67. The molecule has 4 aliphatic rings. The molecule has 50 heavy (non-hydrogen) atoms. The summed E-state index contributed by atoms with van der Waals surface area (Å²) in [5.41, 5.74) is -0.602. The molecule has 9 atom stereocenters. The van der Waals surface area contributed by atoms with Gasteiger partial charge in [0.15, 0.2) is 5.78 Å². The molecule has 1 N–H and O–H groups in total. The Balaban J connectivity index is 1.17. The predicted octanol–water partition coefficient (Wildman–Crippen LogP) is 7.17. The molecular weight excluding hydrogens is 632 g/mol. The minimum Gasteiger partial charge on any atom is -0.459 e. The molecule has 4 aliphatic carbocycles. The van der Waals surface area contributed by atoms with Crippen molar-refractivity contribution in [2.24, 2.45) is 28.6 Å². The number of benzene rings is 3. The van der Waals surface area contributed by atoms with E-state index in [-0.39, 0.29) is 30.5 Å². The Morgan fingerprint density at radius 2 is 1.24 bits per heavy atom. The third kappa shape index (κ3) is 5.67. The zero-order chi connectivity index (χ0) is 35.3. The quantitative estimate of drug-likeness (QED) is 0.207. The van der Waals surface area contributed by atoms with Crippen LogP contribution in [0.25, 0.3) is 0 Å². The number of esters is 3. The van der Waals surface area contributed by atoms with Crippen molar-refractivity contribution in [3.63, 3.8) is 0 Å². The fraction of sp³-hybridized carbons (Fsp3) is 0.429. The van der Waals surface area contributed by atoms with Gasteiger partial charge in [0.05, 0.1) is 22.3 Å². The highest BCUT2D eigenvalue weighted by molar-refractivity contribution is 5.95. The van der Waals surface area contributed by atoms with E-state index in [0.717, 1.165) is 5.57 Å². The summed E-state index contributed by atoms with van der Waals surface area (Å²) in [5, 5.41) is 12.7. The van der Waals surface area contributed by atoms with Crippen molar-refractivity contribution in [3.8, 4) is 0 Å². The zero-order valence-corrected chi connectivity index (χ0v) is 28.7. The van der Waals surface area contributed by atoms with Gasteiger partial charge in [0.1, 0.15) is 18.3 Å². The molecule has 0 aliphatic heterocycles. The third-order valence-corrected chi connectivity index (χ3v) is 12.5. The Morgan fingerprint density at radius 3 is 1.80 bits per heavy atom. The summed E-state index contributed by atoms with van der Waals surface area (Å²) in [6.45, 7) is 6.03. The molecule has 260 valence electrons. The number of carbonyl (C=O) groups is 4. The fourth-order valence-corrected chi connectivity index (χ4v) is 9.82. The Hall–Kier alpha value is -4.56. The third-order valence-electron chi connectivity index (χ3n) is 12.5. The van der Waals surface area contributed by atoms with Gasteiger partial charge in [-0.1, -0.05) is 68.4 Å². The van der Waals surface area contributed by atoms with Crippen molar-refractivity contribution in [2.75, 3.05) is 0 Å². The summed E-state index contributed by atoms with van der Waals surface area (Å²) < 4.78 is 18.2. The van der Waals surface area contributed by atoms with Gasteiger partial charge < -0.3 is 19.3 Å². The first-order chi connectivity index (χ1) is 23.9. The fourth-order valence-electron chi connectivity index (χ4n) is 9.82. The molecule has 0 aromatic heterocycles. The molecule has 0 radical (unpaired) electrons. The number of ketones is 1. The van der Waals surface area contributed by atoms with Crippen LogP contribution < -0.4 is 0 Å². The molecule has 3 saturated carbocycles. The van der Waals surface area contributed by atoms with Gasteiger partial charge in [0, 0.05) is 17.3 Å². The Bertz CT molecular complexity index is 1800. The molecule has 0 bridgehead atoms. The van der Waals surface area contributed by atoms with E-state index >= 15 is 0 Å². The second-order valence-corrected chi connectivity index (χ2v) is 15.1. The van der Waals surface area contributed by atoms with E-state index in [2.05, 4.69) is 13.8 Å². The van der Waals surface area contributed by atoms with Crippen LogP contribution in [0.1, 0.15) is 90.4 Å². The smallest absolute Gasteiger partial charge is 0.338 e. The number of hydrogen-bond acceptors (Lipinski definition) is 8. The molecule has 7 rings (SSSR count). The van der Waals surface area contributed by atoms with Crippen molar-refractivity contribution >= 4 is 23.7 Å². The molecule has 0 saturated heterocycles. The Morgan fingerprint density at radius 1 is 0.720 bits per heavy atom. The summed E-state index contributed by atoms with van der Waals surface area (Å²) >= 11 is 0. The van der Waals surface area contributed by atoms with Crippen LogP contribution in [0, 0.1) is 28.6 Å². The Kier molecular flexibility index (Phi) is 8.79. The van der Waals surface area contributed by atoms with Crippen LogP contribution in [-0.4, -0.2) is 52.7 Å². The van der Waals surface area contributed by atoms with Gasteiger partial charge in [-0.05, 0) is 105 Å². The molecular formula is C42H44O8. The molecule has 8 nitrogen and oxygen atoms in total. The van der Waals surface area contributed by atoms with Crippen molar-refractivity contribution < 1.29 is 38.5 Å². The van der Waals surface area contributed by atoms with E-state index in [1.807, 2.05) is 25.1 Å². The van der Waals surface area contributed by atoms with Crippen LogP contribution >= 0.6 is 0 Å². The van der Waals surface area contributed by atoms with E-state index in [9.17, 15) is 24.3 Å². The lowest BCUT2D eigenvalue weighted by Gasteiger charge is -2.60. The second kappa shape index (κ2) is 13.0. The predicted molar refractivity (Wildman–Crippen MR) is 185 cm³/mol. The minimum atomic E-state index is -1.27. The van der Waals surface area contributed by atoms with E-state index in [4.69, 9.17) is 14.2 Å². The standard InChI is InChI=1S/C42H44O8/c1-26(48-37(44)27-13-7-4-8-14-27)30-20-22-42(47)32-23-34(43)33-24-35(49-38(45)28-15-9-5-10-16-28)36(50-39(46)29-17-11-6-12-18-29)25-40(33,2)31(32)19-21-41(30,42)3/h4-18,23,26,30-31,33,35-36,47H,19-22,24-25H2,1-3H3/t26-,30-,31+,33+,35-,36+,40-,41-,42-/m1/s1. The maximum absolute atomic E-state index is 14.2. The lowest BCUT2D eigenvalue weighted by Crippen LogP contribution is -2.61. The number of rotatable bonds is 7. The van der Waals surface area contributed by atoms with Crippen LogP contribution in [0.4, 0.5) is 0 Å². The van der Waals surface area contributed by atoms with Crippen molar-refractivity contribution in [1.29, 1.82) is 0 Å². The maximum Gasteiger partial charge on any atom is 0.338 e. The summed E-state index contributed by atoms with van der Waals surface area (Å²) in [4.78, 5) is 53.9. The monoisotopic (exact) mass is 676 g/mol. The molecule has 3 aromatic rings. The van der Waals surface area contributed by atoms with Crippen LogP contribution in [0.15, 0.2) is 103 Å². The van der Waals surface area contributed by atoms with Gasteiger partial charge in [-0.25, -0.2) is 14.4 Å². The van der Waals surface area contributed by atoms with Crippen molar-refractivity contribution in [3.05, 3.63) is 119 Å². The van der Waals surface area contributed by atoms with Crippen LogP contribution in [0.3, 0.4) is 0 Å². The SMILES string of the molecule is C[C@@H](OC(=O)c1ccccc1)[C@H]1CC[C@@]2(O)C3=CC(=O)[C@@H]4C[C@@H](OC(=O)c5ccccc5)[C@@H](OC(=O)c5ccccc5)C[C@]4(C)[C@H]3CC[C@]12C. The van der Waals surface area contributed by atoms with Gasteiger partial charge in [0.2, 0.25) is 0 Å². The first-order valence-electron chi connectivity index (χ1n) is 17.7. The topological polar surface area (TPSA) is 116 Å². The molecule has 3 fully saturated rings. The van der Waals surface area contributed by atoms with Crippen molar-refractivity contribution in [2.45, 2.75) is 83.2 Å². The van der Waals surface area contributed by atoms with Gasteiger partial charge in [-0.2, -0.15) is 0 Å². The summed E-state index contributed by atoms with van der Waals surface area (Å²) in [5.74, 6) is -2.34. The van der Waals surface area contributed by atoms with Gasteiger partial charge in [-0.3, -0.25) is 4.79 Å². The number of ether oxygens (including phenoxy) is 3. The van der Waals surface area contributed by atoms with Crippen LogP contribution in [0.5, 0.6) is 0 Å². The molecule has 8 heteroatoms. The van der Waals surface area contributed by atoms with E-state index in [1.54, 1.807) is 78.9 Å². The lowest BCUT2D eigenvalue weighted by atomic mass is 9.46. The van der Waals surface area contributed by atoms with Gasteiger partial charge >= 0.3 is 17.9 Å². The highest BCUT2D eigenvalue weighted by Crippen LogP contribution is 2.68. The molecule has 0 amide bonds. The van der Waals surface area contributed by atoms with Crippen LogP contribution in [0.2, 0.25) is 0 Å². The number of carbonyl (C=O) groups excluding carboxylic acids is 4. The lowest BCUT2D eigenvalue weighted by molar-refractivity contribution is -0.156. The zero-order valence-electron chi connectivity index (χ0n) is 28.7. The van der Waals surface area contributed by atoms with E-state index < -0.39 is 58.6 Å². The van der Waals surface area contributed by atoms with Crippen molar-refractivity contribution in [1.82, 2.24) is 0 Å². The summed E-state index contributed by atoms with van der Waals surface area (Å²) in [6.07, 6.45) is 2.52. The first kappa shape index (κ1) is 33.9. The number of fused-ring (bicyclic) bond motifs is 5. The first-order valence-corrected chi connectivity index (χ1v) is 17.7. The number of hydrogen-bond donors (Lipinski definition) is 1. The minimum absolute atomic E-state index is 0.114. The van der Waals surface area contributed by atoms with E-state index in [0.29, 0.717) is 42.4 Å². The molecule has 0 spiro atoms. The van der Waals surface area contributed by atoms with Gasteiger partial charge in [-0.15, -0.1) is 0 Å². The molecule has 0 heterocycles. The maximum atomic E-state index is 14.2. The summed E-state index contributed by atoms with van der Waals surface area (Å²) in [6, 6.07) is 26.2. The molecule has 3 aromatic carbocycles. The van der Waals surface area contributed by atoms with E-state index in [1.165, 1.54) is 0 Å². The second-order valence-electron chi connectivity index (χ2n) is 15.1. The summed E-state index contributed by atoms with van der Waals surface area (Å²) in [7, 11) is 0. The highest BCUT2D eigenvalue weighted by atomic mass is 16.6. The largest absolute Gasteiger partial charge is 0.459 e. The van der Waals surface area contributed by atoms with Crippen LogP contribution in [-0.2, 0) is 19.0 Å². The normalized spacial score (nSPS) is 33.5.